The molecule has 0 atom stereocenters. The molecular weight excluding hydrogens is 316 g/mol. The SMILES string of the molecule is CNC(=O)/C(=N\OC)c1ccccc1COc1c(C)cc(C)cc1C. The molecule has 0 saturated carbocycles. The molecule has 0 heterocycles. The summed E-state index contributed by atoms with van der Waals surface area (Å²) >= 11 is 0. The van der Waals surface area contributed by atoms with Crippen LogP contribution in [0.4, 0.5) is 0 Å². The summed E-state index contributed by atoms with van der Waals surface area (Å²) < 4.78 is 6.06. The van der Waals surface area contributed by atoms with Crippen molar-refractivity contribution in [1.29, 1.82) is 0 Å². The first-order valence-electron chi connectivity index (χ1n) is 8.10. The molecule has 0 spiro atoms. The Labute approximate surface area is 148 Å². The molecule has 2 rings (SSSR count). The number of nitrogens with zero attached hydrogens (tertiary/aromatic N) is 1. The van der Waals surface area contributed by atoms with E-state index in [1.54, 1.807) is 7.05 Å². The van der Waals surface area contributed by atoms with Crippen molar-refractivity contribution in [2.75, 3.05) is 14.2 Å². The topological polar surface area (TPSA) is 59.9 Å². The van der Waals surface area contributed by atoms with Gasteiger partial charge in [0.25, 0.3) is 5.91 Å². The van der Waals surface area contributed by atoms with Crippen molar-refractivity contribution in [3.63, 3.8) is 0 Å². The highest BCUT2D eigenvalue weighted by molar-refractivity contribution is 6.45. The summed E-state index contributed by atoms with van der Waals surface area (Å²) in [5, 5.41) is 6.46. The summed E-state index contributed by atoms with van der Waals surface area (Å²) in [7, 11) is 2.98. The summed E-state index contributed by atoms with van der Waals surface area (Å²) in [5.74, 6) is 0.558. The van der Waals surface area contributed by atoms with Crippen molar-refractivity contribution >= 4 is 11.6 Å². The van der Waals surface area contributed by atoms with Gasteiger partial charge < -0.3 is 14.9 Å². The number of ether oxygens (including phenoxy) is 1. The van der Waals surface area contributed by atoms with Crippen LogP contribution >= 0.6 is 0 Å². The maximum Gasteiger partial charge on any atom is 0.273 e. The highest BCUT2D eigenvalue weighted by atomic mass is 16.6. The number of carbonyl (C=O) groups excluding carboxylic acids is 1. The second-order valence-corrected chi connectivity index (χ2v) is 5.88. The fraction of sp³-hybridized carbons (Fsp3) is 0.300. The predicted molar refractivity (Wildman–Crippen MR) is 99.0 cm³/mol. The molecule has 0 aliphatic carbocycles. The molecule has 0 radical (unpaired) electrons. The van der Waals surface area contributed by atoms with E-state index in [2.05, 4.69) is 29.5 Å². The van der Waals surface area contributed by atoms with Crippen LogP contribution in [0.2, 0.25) is 0 Å². The van der Waals surface area contributed by atoms with Crippen molar-refractivity contribution in [3.8, 4) is 5.75 Å². The Bertz CT molecular complexity index is 774. The van der Waals surface area contributed by atoms with Gasteiger partial charge in [0.1, 0.15) is 19.5 Å². The van der Waals surface area contributed by atoms with E-state index in [-0.39, 0.29) is 11.6 Å². The number of oxime groups is 1. The molecule has 2 aromatic rings. The van der Waals surface area contributed by atoms with Gasteiger partial charge in [-0.15, -0.1) is 0 Å². The van der Waals surface area contributed by atoms with Gasteiger partial charge in [0, 0.05) is 12.6 Å². The lowest BCUT2D eigenvalue weighted by atomic mass is 10.0. The van der Waals surface area contributed by atoms with Crippen LogP contribution in [0.15, 0.2) is 41.6 Å². The number of benzene rings is 2. The normalized spacial score (nSPS) is 11.2. The molecule has 0 aliphatic rings. The average molecular weight is 340 g/mol. The average Bonchev–Trinajstić information content (AvgIpc) is 2.58. The van der Waals surface area contributed by atoms with E-state index in [1.165, 1.54) is 12.7 Å². The monoisotopic (exact) mass is 340 g/mol. The first-order valence-corrected chi connectivity index (χ1v) is 8.10. The minimum absolute atomic E-state index is 0.224. The predicted octanol–water partition coefficient (Wildman–Crippen LogP) is 3.29. The van der Waals surface area contributed by atoms with Crippen LogP contribution in [0, 0.1) is 20.8 Å². The highest BCUT2D eigenvalue weighted by Crippen LogP contribution is 2.26. The van der Waals surface area contributed by atoms with E-state index >= 15 is 0 Å². The van der Waals surface area contributed by atoms with Crippen LogP contribution in [0.1, 0.15) is 27.8 Å². The summed E-state index contributed by atoms with van der Waals surface area (Å²) in [5.41, 5.74) is 5.16. The maximum absolute atomic E-state index is 12.1. The molecular formula is C20H24N2O3. The molecule has 1 amide bonds. The zero-order valence-electron chi connectivity index (χ0n) is 15.3. The van der Waals surface area contributed by atoms with Crippen molar-refractivity contribution < 1.29 is 14.4 Å². The lowest BCUT2D eigenvalue weighted by molar-refractivity contribution is -0.114. The molecule has 25 heavy (non-hydrogen) atoms. The van der Waals surface area contributed by atoms with Crippen molar-refractivity contribution in [1.82, 2.24) is 5.32 Å². The van der Waals surface area contributed by atoms with Crippen molar-refractivity contribution in [3.05, 3.63) is 64.2 Å². The second-order valence-electron chi connectivity index (χ2n) is 5.88. The standard InChI is InChI=1S/C20H24N2O3/c1-13-10-14(2)19(15(3)11-13)25-12-16-8-6-7-9-17(16)18(22-24-5)20(23)21-4/h6-11H,12H2,1-5H3,(H,21,23)/b22-18-. The largest absolute Gasteiger partial charge is 0.488 e. The fourth-order valence-corrected chi connectivity index (χ4v) is 2.84. The van der Waals surface area contributed by atoms with Gasteiger partial charge in [-0.05, 0) is 37.5 Å². The minimum atomic E-state index is -0.308. The molecule has 2 aromatic carbocycles. The van der Waals surface area contributed by atoms with E-state index < -0.39 is 0 Å². The Hall–Kier alpha value is -2.82. The van der Waals surface area contributed by atoms with Crippen LogP contribution in [0.3, 0.4) is 0 Å². The number of nitrogens with one attached hydrogen (secondary N) is 1. The van der Waals surface area contributed by atoms with E-state index in [0.29, 0.717) is 12.2 Å². The number of carbonyl (C=O) groups is 1. The third-order valence-corrected chi connectivity index (χ3v) is 3.87. The van der Waals surface area contributed by atoms with Gasteiger partial charge in [-0.1, -0.05) is 47.1 Å². The smallest absolute Gasteiger partial charge is 0.273 e. The summed E-state index contributed by atoms with van der Waals surface area (Å²) in [6.45, 7) is 6.46. The number of likely N-dealkylation sites (N-methyl/N-ethyl adjacent to an activating group) is 1. The third-order valence-electron chi connectivity index (χ3n) is 3.87. The molecule has 0 bridgehead atoms. The Morgan fingerprint density at radius 3 is 2.36 bits per heavy atom. The summed E-state index contributed by atoms with van der Waals surface area (Å²) in [6, 6.07) is 11.7. The number of aryl methyl sites for hydroxylation is 3. The van der Waals surface area contributed by atoms with E-state index in [4.69, 9.17) is 9.57 Å². The van der Waals surface area contributed by atoms with Crippen molar-refractivity contribution in [2.24, 2.45) is 5.16 Å². The first kappa shape index (κ1) is 18.5. The summed E-state index contributed by atoms with van der Waals surface area (Å²) in [4.78, 5) is 16.9. The molecule has 132 valence electrons. The molecule has 1 N–H and O–H groups in total. The number of amides is 1. The van der Waals surface area contributed by atoms with Gasteiger partial charge in [0.15, 0.2) is 5.71 Å². The first-order chi connectivity index (χ1) is 12.0. The Balaban J connectivity index is 2.33. The Kier molecular flexibility index (Phi) is 6.17. The van der Waals surface area contributed by atoms with Crippen LogP contribution in [-0.4, -0.2) is 25.8 Å². The van der Waals surface area contributed by atoms with Crippen LogP contribution < -0.4 is 10.1 Å². The lowest BCUT2D eigenvalue weighted by Gasteiger charge is -2.15. The highest BCUT2D eigenvalue weighted by Gasteiger charge is 2.17. The maximum atomic E-state index is 12.1. The molecule has 0 aromatic heterocycles. The molecule has 0 fully saturated rings. The molecule has 0 saturated heterocycles. The van der Waals surface area contributed by atoms with Gasteiger partial charge in [0.2, 0.25) is 0 Å². The second kappa shape index (κ2) is 8.33. The minimum Gasteiger partial charge on any atom is -0.488 e. The van der Waals surface area contributed by atoms with Crippen LogP contribution in [0.5, 0.6) is 5.75 Å². The number of rotatable bonds is 6. The fourth-order valence-electron chi connectivity index (χ4n) is 2.84. The van der Waals surface area contributed by atoms with Crippen LogP contribution in [0.25, 0.3) is 0 Å². The van der Waals surface area contributed by atoms with E-state index in [0.717, 1.165) is 22.4 Å². The molecule has 5 heteroatoms. The Morgan fingerprint density at radius 2 is 1.76 bits per heavy atom. The Morgan fingerprint density at radius 1 is 1.12 bits per heavy atom. The van der Waals surface area contributed by atoms with Gasteiger partial charge in [-0.25, -0.2) is 0 Å². The quantitative estimate of drug-likeness (QED) is 0.648. The number of hydrogen-bond acceptors (Lipinski definition) is 4. The lowest BCUT2D eigenvalue weighted by Crippen LogP contribution is -2.29. The molecule has 5 nitrogen and oxygen atoms in total. The summed E-state index contributed by atoms with van der Waals surface area (Å²) in [6.07, 6.45) is 0. The molecule has 0 aliphatic heterocycles. The number of hydrogen-bond donors (Lipinski definition) is 1. The van der Waals surface area contributed by atoms with E-state index in [1.807, 2.05) is 38.1 Å². The van der Waals surface area contributed by atoms with Crippen LogP contribution in [-0.2, 0) is 16.2 Å². The third kappa shape index (κ3) is 4.38. The van der Waals surface area contributed by atoms with Crippen molar-refractivity contribution in [2.45, 2.75) is 27.4 Å². The zero-order chi connectivity index (χ0) is 18.4. The zero-order valence-corrected chi connectivity index (χ0v) is 15.3. The molecule has 0 unspecified atom stereocenters. The van der Waals surface area contributed by atoms with Gasteiger partial charge in [0.05, 0.1) is 0 Å². The van der Waals surface area contributed by atoms with Gasteiger partial charge in [-0.3, -0.25) is 4.79 Å². The van der Waals surface area contributed by atoms with E-state index in [9.17, 15) is 4.79 Å². The van der Waals surface area contributed by atoms with Gasteiger partial charge >= 0.3 is 0 Å². The van der Waals surface area contributed by atoms with Gasteiger partial charge in [-0.2, -0.15) is 0 Å².